The maximum Gasteiger partial charge on any atom is 0.0725 e. The number of aryl methyl sites for hydroxylation is 2. The molecule has 0 bridgehead atoms. The molecule has 19 rings (SSSR count). The average Bonchev–Trinajstić information content (AvgIpc) is 1.51. The fraction of sp³-hybridized carbons (Fsp3) is 0.125. The maximum absolute atomic E-state index is 2.52. The second kappa shape index (κ2) is 21.1. The minimum Gasteiger partial charge on any atom is -0.310 e. The number of hydrogen-bond acceptors (Lipinski definition) is 2. The Morgan fingerprint density at radius 1 is 0.194 bits per heavy atom. The molecule has 0 heterocycles. The van der Waals surface area contributed by atoms with E-state index in [4.69, 9.17) is 0 Å². The second-order valence-electron chi connectivity index (χ2n) is 29.7. The van der Waals surface area contributed by atoms with E-state index in [9.17, 15) is 0 Å². The van der Waals surface area contributed by atoms with Gasteiger partial charge < -0.3 is 9.80 Å². The van der Waals surface area contributed by atoms with E-state index >= 15 is 0 Å². The van der Waals surface area contributed by atoms with Crippen LogP contribution in [0.4, 0.5) is 34.1 Å². The highest BCUT2D eigenvalue weighted by Gasteiger charge is 2.52. The largest absolute Gasteiger partial charge is 0.310 e. The van der Waals surface area contributed by atoms with Crippen LogP contribution in [-0.4, -0.2) is 0 Å². The molecule has 0 saturated heterocycles. The van der Waals surface area contributed by atoms with Crippen molar-refractivity contribution >= 4 is 34.1 Å². The molecule has 14 aromatic rings. The fourth-order valence-electron chi connectivity index (χ4n) is 18.5. The molecule has 0 aromatic heterocycles. The van der Waals surface area contributed by atoms with Gasteiger partial charge in [-0.1, -0.05) is 283 Å². The van der Waals surface area contributed by atoms with Gasteiger partial charge >= 0.3 is 0 Å². The monoisotopic (exact) mass is 1250 g/mol. The summed E-state index contributed by atoms with van der Waals surface area (Å²) < 4.78 is 0. The van der Waals surface area contributed by atoms with Crippen LogP contribution >= 0.6 is 0 Å². The van der Waals surface area contributed by atoms with E-state index in [1.165, 1.54) is 145 Å². The number of nitrogens with zero attached hydrogens (tertiary/aromatic N) is 2. The van der Waals surface area contributed by atoms with E-state index in [1.54, 1.807) is 0 Å². The fourth-order valence-corrected chi connectivity index (χ4v) is 18.5. The van der Waals surface area contributed by atoms with E-state index < -0.39 is 5.41 Å². The Labute approximate surface area is 576 Å². The van der Waals surface area contributed by atoms with Crippen molar-refractivity contribution in [2.24, 2.45) is 0 Å². The lowest BCUT2D eigenvalue weighted by Gasteiger charge is -2.31. The molecule has 0 saturated carbocycles. The third-order valence-corrected chi connectivity index (χ3v) is 23.2. The van der Waals surface area contributed by atoms with Gasteiger partial charge in [0, 0.05) is 50.4 Å². The third-order valence-electron chi connectivity index (χ3n) is 23.2. The van der Waals surface area contributed by atoms with E-state index in [-0.39, 0.29) is 16.2 Å². The molecule has 2 heteroatoms. The van der Waals surface area contributed by atoms with Crippen molar-refractivity contribution in [1.29, 1.82) is 0 Å². The van der Waals surface area contributed by atoms with Crippen LogP contribution < -0.4 is 9.80 Å². The lowest BCUT2D eigenvalue weighted by molar-refractivity contribution is 0.659. The summed E-state index contributed by atoms with van der Waals surface area (Å²) in [5.74, 6) is 0. The minimum absolute atomic E-state index is 0.146. The highest BCUT2D eigenvalue weighted by atomic mass is 15.1. The first-order chi connectivity index (χ1) is 47.7. The number of fused-ring (bicyclic) bond motifs is 19. The van der Waals surface area contributed by atoms with Crippen LogP contribution in [0.1, 0.15) is 108 Å². The summed E-state index contributed by atoms with van der Waals surface area (Å²) in [6.07, 6.45) is 0. The van der Waals surface area contributed by atoms with E-state index in [0.717, 1.165) is 45.3 Å². The second-order valence-corrected chi connectivity index (χ2v) is 29.7. The number of benzene rings is 14. The van der Waals surface area contributed by atoms with Crippen LogP contribution in [0.15, 0.2) is 303 Å². The Balaban J connectivity index is 0.758. The SMILES string of the molecule is Cc1ccc2c(c1)C(C)(C)c1cc(N(c3ccc(-c4ccc(N(c5ccc(-c6cccc7c6C(C)(C)c6ccccc6-7)cc5)c5ccc6c(c5)-c5ccccc5C65c6ccccc6-c6ccccc65)cc4)c(-c4ccccc4)c3)c3ccc4c(c3)C(C)(C)c3cc(C)ccc3-4)ccc1-2. The summed E-state index contributed by atoms with van der Waals surface area (Å²) in [6.45, 7) is 18.8. The summed E-state index contributed by atoms with van der Waals surface area (Å²) >= 11 is 0. The summed E-state index contributed by atoms with van der Waals surface area (Å²) in [7, 11) is 0. The number of anilines is 6. The Morgan fingerprint density at radius 3 is 1.04 bits per heavy atom. The van der Waals surface area contributed by atoms with Gasteiger partial charge in [0.2, 0.25) is 0 Å². The quantitative estimate of drug-likeness (QED) is 0.142. The van der Waals surface area contributed by atoms with Crippen molar-refractivity contribution < 1.29 is 0 Å². The topological polar surface area (TPSA) is 6.48 Å². The number of rotatable bonds is 9. The van der Waals surface area contributed by atoms with Crippen LogP contribution in [0, 0.1) is 13.8 Å². The normalized spacial score (nSPS) is 14.9. The Bertz CT molecular complexity index is 5520. The summed E-state index contributed by atoms with van der Waals surface area (Å²) in [5.41, 5.74) is 42.1. The van der Waals surface area contributed by atoms with Gasteiger partial charge in [0.15, 0.2) is 0 Å². The van der Waals surface area contributed by atoms with Crippen LogP contribution in [0.2, 0.25) is 0 Å². The predicted molar refractivity (Wildman–Crippen MR) is 411 cm³/mol. The van der Waals surface area contributed by atoms with Gasteiger partial charge in [-0.15, -0.1) is 0 Å². The molecule has 0 amide bonds. The van der Waals surface area contributed by atoms with Crippen molar-refractivity contribution in [3.63, 3.8) is 0 Å². The Morgan fingerprint density at radius 2 is 0.520 bits per heavy atom. The van der Waals surface area contributed by atoms with Gasteiger partial charge in [0.05, 0.1) is 5.41 Å². The van der Waals surface area contributed by atoms with Crippen molar-refractivity contribution in [1.82, 2.24) is 0 Å². The van der Waals surface area contributed by atoms with Crippen molar-refractivity contribution in [3.05, 3.63) is 370 Å². The van der Waals surface area contributed by atoms with Gasteiger partial charge in [0.25, 0.3) is 0 Å². The smallest absolute Gasteiger partial charge is 0.0725 e. The van der Waals surface area contributed by atoms with Gasteiger partial charge in [-0.3, -0.25) is 0 Å². The molecule has 0 radical (unpaired) electrons. The molecule has 468 valence electrons. The summed E-state index contributed by atoms with van der Waals surface area (Å²) in [5, 5.41) is 0. The molecule has 1 spiro atoms. The molecule has 5 aliphatic rings. The average molecular weight is 1260 g/mol. The molecular weight excluding hydrogens is 1180 g/mol. The van der Waals surface area contributed by atoms with E-state index in [2.05, 4.69) is 369 Å². The first kappa shape index (κ1) is 58.1. The molecular formula is C96H74N2. The van der Waals surface area contributed by atoms with Crippen LogP contribution in [0.3, 0.4) is 0 Å². The zero-order valence-corrected chi connectivity index (χ0v) is 56.8. The Hall–Kier alpha value is -11.3. The molecule has 0 unspecified atom stereocenters. The zero-order chi connectivity index (χ0) is 66.1. The van der Waals surface area contributed by atoms with E-state index in [1.807, 2.05) is 0 Å². The lowest BCUT2D eigenvalue weighted by Crippen LogP contribution is -2.25. The molecule has 2 nitrogen and oxygen atoms in total. The van der Waals surface area contributed by atoms with Crippen LogP contribution in [0.25, 0.3) is 89.0 Å². The molecule has 5 aliphatic carbocycles. The minimum atomic E-state index is -0.439. The van der Waals surface area contributed by atoms with Crippen molar-refractivity contribution in [2.75, 3.05) is 9.80 Å². The third kappa shape index (κ3) is 8.21. The molecule has 98 heavy (non-hydrogen) atoms. The molecule has 0 fully saturated rings. The zero-order valence-electron chi connectivity index (χ0n) is 56.8. The van der Waals surface area contributed by atoms with Gasteiger partial charge in [-0.25, -0.2) is 0 Å². The molecule has 0 N–H and O–H groups in total. The first-order valence-corrected chi connectivity index (χ1v) is 34.9. The highest BCUT2D eigenvalue weighted by molar-refractivity contribution is 5.98. The summed E-state index contributed by atoms with van der Waals surface area (Å²) in [4.78, 5) is 4.99. The maximum atomic E-state index is 2.52. The van der Waals surface area contributed by atoms with Crippen LogP contribution in [0.5, 0.6) is 0 Å². The van der Waals surface area contributed by atoms with Gasteiger partial charge in [0.1, 0.15) is 0 Å². The van der Waals surface area contributed by atoms with Crippen molar-refractivity contribution in [2.45, 2.75) is 77.0 Å². The highest BCUT2D eigenvalue weighted by Crippen LogP contribution is 2.64. The lowest BCUT2D eigenvalue weighted by atomic mass is 9.70. The summed E-state index contributed by atoms with van der Waals surface area (Å²) in [6, 6.07) is 116. The first-order valence-electron chi connectivity index (χ1n) is 34.9. The molecule has 0 atom stereocenters. The standard InChI is InChI=1S/C96H74N2/c1-59-33-47-76-78-50-44-68(57-90(78)93(3,4)88(76)53-59)98(69-45-51-79-77-48-34-60(2)54-89(77)94(5,6)91(79)58-69)66-43-49-70(81(55-66)61-21-10-9-11-22-61)62-35-39-64(40-36-62)97(65-41-37-63(38-42-65)71-27-20-28-80-74-25-12-16-29-83(74)95(7,8)92(71)80)67-46-52-87-82(56-67)75-26-15-19-32-86(75)96(87)84-30-17-13-23-72(84)73-24-14-18-31-85(73)96/h9-58H,1-8H3. The number of hydrogen-bond donors (Lipinski definition) is 0. The van der Waals surface area contributed by atoms with E-state index in [0.29, 0.717) is 0 Å². The van der Waals surface area contributed by atoms with Gasteiger partial charge in [-0.2, -0.15) is 0 Å². The molecule has 14 aromatic carbocycles. The van der Waals surface area contributed by atoms with Crippen molar-refractivity contribution in [3.8, 4) is 89.0 Å². The van der Waals surface area contributed by atoms with Gasteiger partial charge in [-0.05, 0) is 231 Å². The predicted octanol–water partition coefficient (Wildman–Crippen LogP) is 25.5. The Kier molecular flexibility index (Phi) is 12.5. The molecule has 0 aliphatic heterocycles. The van der Waals surface area contributed by atoms with Crippen LogP contribution in [-0.2, 0) is 21.7 Å².